The zero-order valence-corrected chi connectivity index (χ0v) is 16.4. The van der Waals surface area contributed by atoms with E-state index in [1.165, 1.54) is 43.2 Å². The highest BCUT2D eigenvalue weighted by Crippen LogP contribution is 2.32. The molecule has 28 heavy (non-hydrogen) atoms. The predicted molar refractivity (Wildman–Crippen MR) is 114 cm³/mol. The first kappa shape index (κ1) is 18.5. The number of carbonyl (C=O) groups is 1. The minimum atomic E-state index is -0.307. The molecule has 0 bridgehead atoms. The molecule has 0 unspecified atom stereocenters. The van der Waals surface area contributed by atoms with Gasteiger partial charge in [-0.2, -0.15) is 0 Å². The Hall–Kier alpha value is -2.87. The summed E-state index contributed by atoms with van der Waals surface area (Å²) in [6.07, 6.45) is 6.50. The van der Waals surface area contributed by atoms with Crippen molar-refractivity contribution in [3.8, 4) is 16.9 Å². The van der Waals surface area contributed by atoms with Gasteiger partial charge in [-0.1, -0.05) is 73.4 Å². The van der Waals surface area contributed by atoms with E-state index >= 15 is 0 Å². The van der Waals surface area contributed by atoms with E-state index in [4.69, 9.17) is 4.74 Å². The fourth-order valence-corrected chi connectivity index (χ4v) is 3.95. The second-order valence-corrected chi connectivity index (χ2v) is 7.74. The van der Waals surface area contributed by atoms with Crippen LogP contribution in [0.2, 0.25) is 0 Å². The molecule has 4 rings (SSSR count). The van der Waals surface area contributed by atoms with Gasteiger partial charge in [-0.3, -0.25) is 0 Å². The van der Waals surface area contributed by atoms with Crippen LogP contribution in [-0.2, 0) is 0 Å². The molecule has 0 heterocycles. The highest BCUT2D eigenvalue weighted by atomic mass is 16.5. The summed E-state index contributed by atoms with van der Waals surface area (Å²) in [6.45, 7) is 2.08. The van der Waals surface area contributed by atoms with Crippen molar-refractivity contribution in [1.82, 2.24) is 0 Å². The average Bonchev–Trinajstić information content (AvgIpc) is 2.76. The number of rotatable bonds is 4. The zero-order chi connectivity index (χ0) is 19.3. The number of benzene rings is 3. The Morgan fingerprint density at radius 3 is 1.93 bits per heavy atom. The van der Waals surface area contributed by atoms with Crippen molar-refractivity contribution < 1.29 is 9.53 Å². The number of hydrogen-bond acceptors (Lipinski definition) is 2. The van der Waals surface area contributed by atoms with Gasteiger partial charge in [0, 0.05) is 0 Å². The van der Waals surface area contributed by atoms with Crippen LogP contribution < -0.4 is 4.74 Å². The summed E-state index contributed by atoms with van der Waals surface area (Å²) < 4.78 is 5.56. The summed E-state index contributed by atoms with van der Waals surface area (Å²) in [7, 11) is 0. The molecular formula is C26H26O2. The van der Waals surface area contributed by atoms with Crippen LogP contribution in [0.3, 0.4) is 0 Å². The van der Waals surface area contributed by atoms with Crippen LogP contribution in [0.15, 0.2) is 72.8 Å². The van der Waals surface area contributed by atoms with Gasteiger partial charge in [-0.25, -0.2) is 4.79 Å². The fraction of sp³-hybridized carbons (Fsp3) is 0.269. The van der Waals surface area contributed by atoms with Gasteiger partial charge in [-0.05, 0) is 66.6 Å². The first-order valence-electron chi connectivity index (χ1n) is 10.2. The van der Waals surface area contributed by atoms with Crippen LogP contribution in [0.4, 0.5) is 0 Å². The number of hydrogen-bond donors (Lipinski definition) is 0. The summed E-state index contributed by atoms with van der Waals surface area (Å²) in [5, 5.41) is 0. The van der Waals surface area contributed by atoms with Gasteiger partial charge >= 0.3 is 5.97 Å². The fourth-order valence-electron chi connectivity index (χ4n) is 3.95. The van der Waals surface area contributed by atoms with E-state index in [2.05, 4.69) is 43.3 Å². The highest BCUT2D eigenvalue weighted by Gasteiger charge is 2.16. The van der Waals surface area contributed by atoms with Gasteiger partial charge in [0.05, 0.1) is 5.56 Å². The van der Waals surface area contributed by atoms with E-state index in [1.807, 2.05) is 36.4 Å². The van der Waals surface area contributed by atoms with E-state index in [-0.39, 0.29) is 5.97 Å². The Balaban J connectivity index is 1.41. The van der Waals surface area contributed by atoms with Crippen LogP contribution in [-0.4, -0.2) is 5.97 Å². The van der Waals surface area contributed by atoms with Crippen molar-refractivity contribution in [3.63, 3.8) is 0 Å². The number of carbonyl (C=O) groups excluding carboxylic acids is 1. The second kappa shape index (κ2) is 8.43. The Bertz CT molecular complexity index is 916. The third-order valence-electron chi connectivity index (χ3n) is 5.67. The first-order valence-corrected chi connectivity index (χ1v) is 10.2. The van der Waals surface area contributed by atoms with E-state index in [1.54, 1.807) is 0 Å². The largest absolute Gasteiger partial charge is 0.423 e. The second-order valence-electron chi connectivity index (χ2n) is 7.74. The summed E-state index contributed by atoms with van der Waals surface area (Å²) in [5.41, 5.74) is 5.45. The molecule has 142 valence electrons. The monoisotopic (exact) mass is 370 g/mol. The van der Waals surface area contributed by atoms with Gasteiger partial charge < -0.3 is 4.74 Å². The lowest BCUT2D eigenvalue weighted by molar-refractivity contribution is 0.0734. The molecule has 1 aliphatic carbocycles. The zero-order valence-electron chi connectivity index (χ0n) is 16.4. The molecule has 2 nitrogen and oxygen atoms in total. The van der Waals surface area contributed by atoms with Crippen LogP contribution in [0.1, 0.15) is 59.5 Å². The molecule has 0 spiro atoms. The van der Waals surface area contributed by atoms with Crippen molar-refractivity contribution >= 4 is 5.97 Å². The standard InChI is InChI=1S/C26H26O2/c1-19-7-9-21(10-8-19)23-15-17-25(18-16-23)28-26(27)24-13-11-22(12-14-24)20-5-3-2-4-6-20/h7-18,20H,2-6H2,1H3. The van der Waals surface area contributed by atoms with Crippen molar-refractivity contribution in [3.05, 3.63) is 89.5 Å². The lowest BCUT2D eigenvalue weighted by atomic mass is 9.84. The van der Waals surface area contributed by atoms with Crippen molar-refractivity contribution in [2.24, 2.45) is 0 Å². The van der Waals surface area contributed by atoms with E-state index in [0.717, 1.165) is 11.1 Å². The Kier molecular flexibility index (Phi) is 5.57. The molecule has 1 fully saturated rings. The molecular weight excluding hydrogens is 344 g/mol. The van der Waals surface area contributed by atoms with Gasteiger partial charge in [0.15, 0.2) is 0 Å². The van der Waals surface area contributed by atoms with Crippen molar-refractivity contribution in [2.75, 3.05) is 0 Å². The number of esters is 1. The van der Waals surface area contributed by atoms with E-state index in [9.17, 15) is 4.79 Å². The van der Waals surface area contributed by atoms with E-state index < -0.39 is 0 Å². The molecule has 3 aromatic carbocycles. The van der Waals surface area contributed by atoms with Gasteiger partial charge in [-0.15, -0.1) is 0 Å². The first-order chi connectivity index (χ1) is 13.7. The van der Waals surface area contributed by atoms with E-state index in [0.29, 0.717) is 17.2 Å². The van der Waals surface area contributed by atoms with Gasteiger partial charge in [0.25, 0.3) is 0 Å². The smallest absolute Gasteiger partial charge is 0.343 e. The molecule has 0 amide bonds. The molecule has 0 radical (unpaired) electrons. The molecule has 1 aliphatic rings. The molecule has 0 N–H and O–H groups in total. The minimum Gasteiger partial charge on any atom is -0.423 e. The van der Waals surface area contributed by atoms with Crippen LogP contribution in [0, 0.1) is 6.92 Å². The Morgan fingerprint density at radius 2 is 1.32 bits per heavy atom. The number of aryl methyl sites for hydroxylation is 1. The molecule has 0 aliphatic heterocycles. The third-order valence-corrected chi connectivity index (χ3v) is 5.67. The molecule has 0 saturated heterocycles. The van der Waals surface area contributed by atoms with Crippen LogP contribution in [0.25, 0.3) is 11.1 Å². The van der Waals surface area contributed by atoms with Gasteiger partial charge in [0.2, 0.25) is 0 Å². The molecule has 2 heteroatoms. The highest BCUT2D eigenvalue weighted by molar-refractivity contribution is 5.91. The minimum absolute atomic E-state index is 0.307. The molecule has 3 aromatic rings. The summed E-state index contributed by atoms with van der Waals surface area (Å²) in [4.78, 5) is 12.5. The predicted octanol–water partition coefficient (Wildman–Crippen LogP) is 6.93. The maximum absolute atomic E-state index is 12.5. The normalized spacial score (nSPS) is 14.6. The number of ether oxygens (including phenoxy) is 1. The summed E-state index contributed by atoms with van der Waals surface area (Å²) in [5.74, 6) is 0.906. The Labute approximate surface area is 167 Å². The average molecular weight is 370 g/mol. The third kappa shape index (κ3) is 4.33. The quantitative estimate of drug-likeness (QED) is 0.368. The molecule has 1 saturated carbocycles. The summed E-state index contributed by atoms with van der Waals surface area (Å²) in [6, 6.07) is 24.0. The molecule has 0 aromatic heterocycles. The van der Waals surface area contributed by atoms with Crippen molar-refractivity contribution in [2.45, 2.75) is 44.9 Å². The van der Waals surface area contributed by atoms with Gasteiger partial charge in [0.1, 0.15) is 5.75 Å². The van der Waals surface area contributed by atoms with Crippen molar-refractivity contribution in [1.29, 1.82) is 0 Å². The maximum atomic E-state index is 12.5. The maximum Gasteiger partial charge on any atom is 0.343 e. The topological polar surface area (TPSA) is 26.3 Å². The lowest BCUT2D eigenvalue weighted by Gasteiger charge is -2.21. The molecule has 0 atom stereocenters. The summed E-state index contributed by atoms with van der Waals surface area (Å²) >= 11 is 0. The van der Waals surface area contributed by atoms with Crippen LogP contribution in [0.5, 0.6) is 5.75 Å². The lowest BCUT2D eigenvalue weighted by Crippen LogP contribution is -2.09. The Morgan fingerprint density at radius 1 is 0.750 bits per heavy atom. The van der Waals surface area contributed by atoms with Crippen LogP contribution >= 0.6 is 0 Å². The SMILES string of the molecule is Cc1ccc(-c2ccc(OC(=O)c3ccc(C4CCCCC4)cc3)cc2)cc1.